The number of aromatic nitrogens is 2. The van der Waals surface area contributed by atoms with E-state index in [4.69, 9.17) is 4.42 Å². The first-order valence-corrected chi connectivity index (χ1v) is 6.73. The molecule has 0 atom stereocenters. The van der Waals surface area contributed by atoms with E-state index in [0.717, 1.165) is 17.8 Å². The smallest absolute Gasteiger partial charge is 0.260 e. The molecule has 0 aliphatic heterocycles. The van der Waals surface area contributed by atoms with Crippen LogP contribution >= 0.6 is 11.3 Å². The first-order valence-electron chi connectivity index (χ1n) is 5.91. The standard InChI is InChI=1S/C12H15N3O2S/c1-3-8(4-2)11-14-15-12(18-11)13-10(16)9-5-6-17-7-9/h5-8H,3-4H2,1-2H3,(H,13,15,16). The van der Waals surface area contributed by atoms with Crippen LogP contribution in [0.5, 0.6) is 0 Å². The first-order chi connectivity index (χ1) is 8.74. The number of furan rings is 1. The van der Waals surface area contributed by atoms with E-state index in [-0.39, 0.29) is 5.91 Å². The fraction of sp³-hybridized carbons (Fsp3) is 0.417. The lowest BCUT2D eigenvalue weighted by molar-refractivity contribution is 0.102. The summed E-state index contributed by atoms with van der Waals surface area (Å²) in [7, 11) is 0. The van der Waals surface area contributed by atoms with E-state index >= 15 is 0 Å². The number of anilines is 1. The van der Waals surface area contributed by atoms with Crippen molar-refractivity contribution >= 4 is 22.4 Å². The van der Waals surface area contributed by atoms with Gasteiger partial charge in [0.15, 0.2) is 0 Å². The van der Waals surface area contributed by atoms with Crippen LogP contribution < -0.4 is 5.32 Å². The molecule has 5 nitrogen and oxygen atoms in total. The van der Waals surface area contributed by atoms with Gasteiger partial charge in [0.05, 0.1) is 11.8 Å². The molecule has 0 saturated heterocycles. The molecular weight excluding hydrogens is 250 g/mol. The van der Waals surface area contributed by atoms with Crippen LogP contribution in [0.15, 0.2) is 23.0 Å². The molecule has 1 amide bonds. The second kappa shape index (κ2) is 5.77. The summed E-state index contributed by atoms with van der Waals surface area (Å²) in [5.74, 6) is 0.193. The molecule has 0 fully saturated rings. The predicted octanol–water partition coefficient (Wildman–Crippen LogP) is 3.29. The zero-order valence-corrected chi connectivity index (χ0v) is 11.2. The number of nitrogens with one attached hydrogen (secondary N) is 1. The SMILES string of the molecule is CCC(CC)c1nnc(NC(=O)c2ccoc2)s1. The van der Waals surface area contributed by atoms with Gasteiger partial charge in [-0.3, -0.25) is 10.1 Å². The van der Waals surface area contributed by atoms with Gasteiger partial charge in [0, 0.05) is 5.92 Å². The molecule has 2 rings (SSSR count). The summed E-state index contributed by atoms with van der Waals surface area (Å²) in [6.07, 6.45) is 4.92. The molecule has 6 heteroatoms. The number of carbonyl (C=O) groups is 1. The third kappa shape index (κ3) is 2.76. The normalized spacial score (nSPS) is 10.8. The van der Waals surface area contributed by atoms with Gasteiger partial charge in [-0.1, -0.05) is 25.2 Å². The monoisotopic (exact) mass is 265 g/mol. The topological polar surface area (TPSA) is 68.0 Å². The Morgan fingerprint density at radius 1 is 1.44 bits per heavy atom. The summed E-state index contributed by atoms with van der Waals surface area (Å²) in [6, 6.07) is 1.61. The van der Waals surface area contributed by atoms with E-state index in [1.807, 2.05) is 0 Å². The van der Waals surface area contributed by atoms with Crippen molar-refractivity contribution in [2.24, 2.45) is 0 Å². The molecule has 18 heavy (non-hydrogen) atoms. The average Bonchev–Trinajstić information content (AvgIpc) is 3.01. The van der Waals surface area contributed by atoms with Gasteiger partial charge in [0.25, 0.3) is 5.91 Å². The minimum absolute atomic E-state index is 0.226. The van der Waals surface area contributed by atoms with E-state index in [1.165, 1.54) is 23.9 Å². The number of hydrogen-bond acceptors (Lipinski definition) is 5. The molecule has 2 aromatic rings. The molecule has 96 valence electrons. The van der Waals surface area contributed by atoms with Crippen molar-refractivity contribution in [1.82, 2.24) is 10.2 Å². The molecule has 2 aromatic heterocycles. The Morgan fingerprint density at radius 3 is 2.83 bits per heavy atom. The van der Waals surface area contributed by atoms with Gasteiger partial charge in [-0.2, -0.15) is 0 Å². The molecule has 0 aromatic carbocycles. The highest BCUT2D eigenvalue weighted by Crippen LogP contribution is 2.28. The Balaban J connectivity index is 2.05. The van der Waals surface area contributed by atoms with Crippen LogP contribution in [0.2, 0.25) is 0 Å². The summed E-state index contributed by atoms with van der Waals surface area (Å²) < 4.78 is 4.86. The summed E-state index contributed by atoms with van der Waals surface area (Å²) in [5.41, 5.74) is 0.481. The molecule has 0 bridgehead atoms. The van der Waals surface area contributed by atoms with Gasteiger partial charge < -0.3 is 4.42 Å². The second-order valence-corrected chi connectivity index (χ2v) is 4.93. The van der Waals surface area contributed by atoms with Gasteiger partial charge in [0.1, 0.15) is 11.3 Å². The van der Waals surface area contributed by atoms with E-state index in [2.05, 4.69) is 29.4 Å². The van der Waals surface area contributed by atoms with Gasteiger partial charge in [-0.15, -0.1) is 10.2 Å². The lowest BCUT2D eigenvalue weighted by Gasteiger charge is -2.05. The van der Waals surface area contributed by atoms with E-state index in [1.54, 1.807) is 6.07 Å². The third-order valence-corrected chi connectivity index (χ3v) is 3.78. The highest BCUT2D eigenvalue weighted by molar-refractivity contribution is 7.15. The highest BCUT2D eigenvalue weighted by Gasteiger charge is 2.15. The molecule has 0 unspecified atom stereocenters. The minimum atomic E-state index is -0.226. The molecule has 0 spiro atoms. The Hall–Kier alpha value is -1.69. The third-order valence-electron chi connectivity index (χ3n) is 2.78. The summed E-state index contributed by atoms with van der Waals surface area (Å²) in [6.45, 7) is 4.25. The van der Waals surface area contributed by atoms with Crippen molar-refractivity contribution in [2.45, 2.75) is 32.6 Å². The largest absolute Gasteiger partial charge is 0.472 e. The molecule has 0 radical (unpaired) electrons. The van der Waals surface area contributed by atoms with Gasteiger partial charge in [-0.25, -0.2) is 0 Å². The van der Waals surface area contributed by atoms with Gasteiger partial charge >= 0.3 is 0 Å². The first kappa shape index (κ1) is 12.8. The van der Waals surface area contributed by atoms with Crippen LogP contribution in [-0.4, -0.2) is 16.1 Å². The Morgan fingerprint density at radius 2 is 2.22 bits per heavy atom. The number of amides is 1. The molecule has 0 aliphatic carbocycles. The van der Waals surface area contributed by atoms with Crippen LogP contribution in [0.1, 0.15) is 48.0 Å². The van der Waals surface area contributed by atoms with Crippen LogP contribution in [0.25, 0.3) is 0 Å². The summed E-state index contributed by atoms with van der Waals surface area (Å²) in [4.78, 5) is 11.8. The Kier molecular flexibility index (Phi) is 4.09. The molecule has 1 N–H and O–H groups in total. The lowest BCUT2D eigenvalue weighted by Crippen LogP contribution is -2.10. The number of hydrogen-bond donors (Lipinski definition) is 1. The Labute approximate surface area is 109 Å². The number of nitrogens with zero attached hydrogens (tertiary/aromatic N) is 2. The highest BCUT2D eigenvalue weighted by atomic mass is 32.1. The summed E-state index contributed by atoms with van der Waals surface area (Å²) >= 11 is 1.43. The van der Waals surface area contributed by atoms with Gasteiger partial charge in [0.2, 0.25) is 5.13 Å². The van der Waals surface area contributed by atoms with E-state index in [0.29, 0.717) is 16.6 Å². The maximum absolute atomic E-state index is 11.8. The van der Waals surface area contributed by atoms with Crippen LogP contribution in [0.4, 0.5) is 5.13 Å². The van der Waals surface area contributed by atoms with Crippen molar-refractivity contribution in [3.63, 3.8) is 0 Å². The van der Waals surface area contributed by atoms with Crippen molar-refractivity contribution in [3.05, 3.63) is 29.2 Å². The fourth-order valence-corrected chi connectivity index (χ4v) is 2.66. The summed E-state index contributed by atoms with van der Waals surface area (Å²) in [5, 5.41) is 12.3. The minimum Gasteiger partial charge on any atom is -0.472 e. The van der Waals surface area contributed by atoms with Crippen molar-refractivity contribution in [3.8, 4) is 0 Å². The average molecular weight is 265 g/mol. The zero-order chi connectivity index (χ0) is 13.0. The molecule has 2 heterocycles. The van der Waals surface area contributed by atoms with Crippen molar-refractivity contribution < 1.29 is 9.21 Å². The number of carbonyl (C=O) groups excluding carboxylic acids is 1. The Bertz CT molecular complexity index is 503. The van der Waals surface area contributed by atoms with E-state index in [9.17, 15) is 4.79 Å². The van der Waals surface area contributed by atoms with Crippen molar-refractivity contribution in [1.29, 1.82) is 0 Å². The quantitative estimate of drug-likeness (QED) is 0.900. The maximum Gasteiger partial charge on any atom is 0.260 e. The molecule has 0 aliphatic rings. The van der Waals surface area contributed by atoms with Crippen molar-refractivity contribution in [2.75, 3.05) is 5.32 Å². The van der Waals surface area contributed by atoms with Crippen LogP contribution in [0, 0.1) is 0 Å². The van der Waals surface area contributed by atoms with E-state index < -0.39 is 0 Å². The molecular formula is C12H15N3O2S. The lowest BCUT2D eigenvalue weighted by atomic mass is 10.1. The predicted molar refractivity (Wildman–Crippen MR) is 69.9 cm³/mol. The fourth-order valence-electron chi connectivity index (χ4n) is 1.65. The maximum atomic E-state index is 11.8. The number of rotatable bonds is 5. The van der Waals surface area contributed by atoms with Crippen LogP contribution in [0.3, 0.4) is 0 Å². The van der Waals surface area contributed by atoms with Crippen LogP contribution in [-0.2, 0) is 0 Å². The molecule has 0 saturated carbocycles. The zero-order valence-electron chi connectivity index (χ0n) is 10.3. The second-order valence-electron chi connectivity index (χ2n) is 3.93. The van der Waals surface area contributed by atoms with Gasteiger partial charge in [-0.05, 0) is 18.9 Å².